The van der Waals surface area contributed by atoms with Gasteiger partial charge in [-0.25, -0.2) is 9.07 Å². The second kappa shape index (κ2) is 10.4. The van der Waals surface area contributed by atoms with Gasteiger partial charge in [-0.1, -0.05) is 12.1 Å². The molecule has 0 N–H and O–H groups in total. The monoisotopic (exact) mass is 458 g/mol. The van der Waals surface area contributed by atoms with Crippen LogP contribution in [0.25, 0.3) is 5.69 Å². The number of carbonyl (C=O) groups is 3. The summed E-state index contributed by atoms with van der Waals surface area (Å²) in [6, 6.07) is 7.08. The summed E-state index contributed by atoms with van der Waals surface area (Å²) in [4.78, 5) is 52.8. The van der Waals surface area contributed by atoms with Crippen molar-refractivity contribution in [3.8, 4) is 5.69 Å². The highest BCUT2D eigenvalue weighted by Gasteiger charge is 2.30. The molecule has 0 spiro atoms. The molecule has 1 unspecified atom stereocenters. The Balaban J connectivity index is 1.75. The molecule has 1 aliphatic heterocycles. The Hall–Kier alpha value is -3.56. The highest BCUT2D eigenvalue weighted by Crippen LogP contribution is 2.18. The zero-order valence-electron chi connectivity index (χ0n) is 18.9. The van der Waals surface area contributed by atoms with Crippen molar-refractivity contribution in [2.75, 3.05) is 33.3 Å². The minimum absolute atomic E-state index is 0.0982. The average Bonchev–Trinajstić information content (AvgIpc) is 2.79. The number of amides is 2. The summed E-state index contributed by atoms with van der Waals surface area (Å²) in [5.74, 6) is -2.38. The van der Waals surface area contributed by atoms with Crippen LogP contribution in [0.15, 0.2) is 35.1 Å². The van der Waals surface area contributed by atoms with Crippen molar-refractivity contribution in [2.45, 2.75) is 26.7 Å². The summed E-state index contributed by atoms with van der Waals surface area (Å²) in [5, 5.41) is 4.09. The summed E-state index contributed by atoms with van der Waals surface area (Å²) in [7, 11) is 1.39. The van der Waals surface area contributed by atoms with Gasteiger partial charge in [0.2, 0.25) is 11.3 Å². The van der Waals surface area contributed by atoms with Gasteiger partial charge in [0, 0.05) is 31.9 Å². The number of para-hydroxylation sites is 1. The van der Waals surface area contributed by atoms with Crippen LogP contribution in [0.3, 0.4) is 0 Å². The van der Waals surface area contributed by atoms with Crippen LogP contribution in [0, 0.1) is 18.7 Å². The topological polar surface area (TPSA) is 102 Å². The van der Waals surface area contributed by atoms with Crippen LogP contribution in [0.2, 0.25) is 0 Å². The highest BCUT2D eigenvalue weighted by atomic mass is 19.1. The number of aryl methyl sites for hydroxylation is 1. The van der Waals surface area contributed by atoms with E-state index >= 15 is 0 Å². The van der Waals surface area contributed by atoms with Crippen LogP contribution in [0.4, 0.5) is 4.39 Å². The molecule has 2 heterocycles. The Labute approximate surface area is 190 Å². The van der Waals surface area contributed by atoms with Gasteiger partial charge in [-0.2, -0.15) is 5.10 Å². The lowest BCUT2D eigenvalue weighted by atomic mass is 9.98. The molecule has 2 amide bonds. The van der Waals surface area contributed by atoms with Gasteiger partial charge in [0.15, 0.2) is 5.69 Å². The fourth-order valence-electron chi connectivity index (χ4n) is 3.77. The van der Waals surface area contributed by atoms with Crippen LogP contribution in [0.1, 0.15) is 35.9 Å². The molecule has 9 nitrogen and oxygen atoms in total. The van der Waals surface area contributed by atoms with E-state index in [0.29, 0.717) is 25.1 Å². The number of ether oxygens (including phenoxy) is 1. The lowest BCUT2D eigenvalue weighted by molar-refractivity contribution is -0.151. The molecule has 1 saturated heterocycles. The Morgan fingerprint density at radius 2 is 2.00 bits per heavy atom. The third-order valence-electron chi connectivity index (χ3n) is 5.50. The Morgan fingerprint density at radius 1 is 1.27 bits per heavy atom. The van der Waals surface area contributed by atoms with E-state index in [1.807, 2.05) is 0 Å². The third kappa shape index (κ3) is 5.44. The molecule has 2 aromatic rings. The molecular weight excluding hydrogens is 431 g/mol. The first-order chi connectivity index (χ1) is 15.7. The Morgan fingerprint density at radius 3 is 2.70 bits per heavy atom. The fourth-order valence-corrected chi connectivity index (χ4v) is 3.77. The molecule has 1 aromatic carbocycles. The summed E-state index contributed by atoms with van der Waals surface area (Å²) in [6.45, 7) is 3.99. The molecule has 1 fully saturated rings. The van der Waals surface area contributed by atoms with Crippen molar-refractivity contribution >= 4 is 17.8 Å². The number of aromatic nitrogens is 2. The zero-order valence-corrected chi connectivity index (χ0v) is 18.9. The molecule has 0 aliphatic carbocycles. The zero-order chi connectivity index (χ0) is 24.1. The summed E-state index contributed by atoms with van der Waals surface area (Å²) in [6.07, 6.45) is 1.29. The van der Waals surface area contributed by atoms with Gasteiger partial charge in [-0.15, -0.1) is 0 Å². The first kappa shape index (κ1) is 24.1. The summed E-state index contributed by atoms with van der Waals surface area (Å²) < 4.78 is 20.5. The fraction of sp³-hybridized carbons (Fsp3) is 0.435. The maximum atomic E-state index is 14.2. The molecule has 0 saturated carbocycles. The molecule has 10 heteroatoms. The van der Waals surface area contributed by atoms with Gasteiger partial charge >= 0.3 is 5.97 Å². The van der Waals surface area contributed by atoms with Crippen LogP contribution in [0.5, 0.6) is 0 Å². The largest absolute Gasteiger partial charge is 0.466 e. The first-order valence-corrected chi connectivity index (χ1v) is 10.8. The number of piperidine rings is 1. The van der Waals surface area contributed by atoms with Crippen molar-refractivity contribution in [1.29, 1.82) is 0 Å². The normalized spacial score (nSPS) is 15.8. The second-order valence-corrected chi connectivity index (χ2v) is 7.95. The van der Waals surface area contributed by atoms with Crippen LogP contribution >= 0.6 is 0 Å². The van der Waals surface area contributed by atoms with Crippen molar-refractivity contribution in [2.24, 2.45) is 5.92 Å². The average molecular weight is 458 g/mol. The molecule has 0 radical (unpaired) electrons. The first-order valence-electron chi connectivity index (χ1n) is 10.8. The molecule has 0 bridgehead atoms. The quantitative estimate of drug-likeness (QED) is 0.609. The van der Waals surface area contributed by atoms with Crippen molar-refractivity contribution < 1.29 is 23.5 Å². The molecular formula is C23H27FN4O5. The van der Waals surface area contributed by atoms with E-state index in [0.717, 1.165) is 4.90 Å². The smallest absolute Gasteiger partial charge is 0.310 e. The summed E-state index contributed by atoms with van der Waals surface area (Å²) in [5.41, 5.74) is -0.577. The maximum Gasteiger partial charge on any atom is 0.310 e. The Bertz CT molecular complexity index is 1120. The molecule has 1 aromatic heterocycles. The number of nitrogens with zero attached hydrogens (tertiary/aromatic N) is 4. The lowest BCUT2D eigenvalue weighted by Gasteiger charge is -2.32. The predicted octanol–water partition coefficient (Wildman–Crippen LogP) is 1.55. The van der Waals surface area contributed by atoms with Gasteiger partial charge < -0.3 is 14.5 Å². The highest BCUT2D eigenvalue weighted by molar-refractivity contribution is 5.94. The third-order valence-corrected chi connectivity index (χ3v) is 5.50. The second-order valence-electron chi connectivity index (χ2n) is 7.95. The van der Waals surface area contributed by atoms with Gasteiger partial charge in [0.05, 0.1) is 19.1 Å². The van der Waals surface area contributed by atoms with E-state index in [4.69, 9.17) is 4.74 Å². The van der Waals surface area contributed by atoms with Crippen molar-refractivity contribution in [1.82, 2.24) is 19.6 Å². The molecule has 3 rings (SSSR count). The summed E-state index contributed by atoms with van der Waals surface area (Å²) >= 11 is 0. The van der Waals surface area contributed by atoms with E-state index in [2.05, 4.69) is 5.10 Å². The molecule has 176 valence electrons. The van der Waals surface area contributed by atoms with E-state index in [1.54, 1.807) is 19.9 Å². The molecule has 1 atom stereocenters. The number of likely N-dealkylation sites (tertiary alicyclic amines) is 1. The van der Waals surface area contributed by atoms with Crippen molar-refractivity contribution in [3.05, 3.63) is 57.8 Å². The molecule has 33 heavy (non-hydrogen) atoms. The maximum absolute atomic E-state index is 14.2. The Kier molecular flexibility index (Phi) is 7.57. The number of halogens is 1. The van der Waals surface area contributed by atoms with Gasteiger partial charge in [0.1, 0.15) is 11.5 Å². The number of likely N-dealkylation sites (N-methyl/N-ethyl adjacent to an activating group) is 1. The van der Waals surface area contributed by atoms with Gasteiger partial charge in [0.25, 0.3) is 5.91 Å². The lowest BCUT2D eigenvalue weighted by Crippen LogP contribution is -2.47. The van der Waals surface area contributed by atoms with Gasteiger partial charge in [-0.3, -0.25) is 19.2 Å². The van der Waals surface area contributed by atoms with Crippen LogP contribution in [-0.2, 0) is 14.3 Å². The predicted molar refractivity (Wildman–Crippen MR) is 117 cm³/mol. The van der Waals surface area contributed by atoms with Crippen LogP contribution < -0.4 is 5.43 Å². The number of benzene rings is 1. The molecule has 1 aliphatic rings. The van der Waals surface area contributed by atoms with Gasteiger partial charge in [-0.05, 0) is 38.8 Å². The van der Waals surface area contributed by atoms with Crippen LogP contribution in [-0.4, -0.2) is 70.7 Å². The van der Waals surface area contributed by atoms with Crippen molar-refractivity contribution in [3.63, 3.8) is 0 Å². The van der Waals surface area contributed by atoms with E-state index < -0.39 is 28.8 Å². The minimum Gasteiger partial charge on any atom is -0.466 e. The SMILES string of the molecule is CCOC(=O)C1CCCN(C(=O)CN(C)C(=O)c2nn(-c3ccccc3F)c(C)cc2=O)C1. The van der Waals surface area contributed by atoms with E-state index in [-0.39, 0.29) is 37.3 Å². The number of carbonyl (C=O) groups excluding carboxylic acids is 3. The standard InChI is InChI=1S/C23H27FN4O5/c1-4-33-23(32)16-8-7-11-27(13-16)20(30)14-26(3)22(31)21-19(29)12-15(2)28(25-21)18-10-6-5-9-17(18)24/h5-6,9-10,12,16H,4,7-8,11,13-14H2,1-3H3. The number of esters is 1. The number of hydrogen-bond acceptors (Lipinski definition) is 6. The van der Waals surface area contributed by atoms with E-state index in [1.165, 1.54) is 40.9 Å². The number of rotatable bonds is 6. The minimum atomic E-state index is -0.752. The number of hydrogen-bond donors (Lipinski definition) is 0. The van der Waals surface area contributed by atoms with E-state index in [9.17, 15) is 23.6 Å².